The second-order valence-electron chi connectivity index (χ2n) is 6.50. The molecule has 28 heavy (non-hydrogen) atoms. The van der Waals surface area contributed by atoms with Gasteiger partial charge in [0.05, 0.1) is 0 Å². The summed E-state index contributed by atoms with van der Waals surface area (Å²) in [6.07, 6.45) is 1.65. The Morgan fingerprint density at radius 1 is 1.00 bits per heavy atom. The quantitative estimate of drug-likeness (QED) is 0.535. The molecule has 2 rings (SSSR count). The van der Waals surface area contributed by atoms with Crippen LogP contribution in [-0.2, 0) is 16.1 Å². The molecule has 0 saturated heterocycles. The molecule has 0 aromatic heterocycles. The normalized spacial score (nSPS) is 10.4. The highest BCUT2D eigenvalue weighted by molar-refractivity contribution is 6.04. The van der Waals surface area contributed by atoms with Crippen molar-refractivity contribution < 1.29 is 19.1 Å². The van der Waals surface area contributed by atoms with Gasteiger partial charge in [-0.3, -0.25) is 14.4 Å². The lowest BCUT2D eigenvalue weighted by Crippen LogP contribution is -2.29. The Morgan fingerprint density at radius 2 is 1.68 bits per heavy atom. The largest absolute Gasteiger partial charge is 0.427 e. The summed E-state index contributed by atoms with van der Waals surface area (Å²) in [5.41, 5.74) is 1.98. The maximum absolute atomic E-state index is 12.4. The van der Waals surface area contributed by atoms with Crippen molar-refractivity contribution in [2.24, 2.45) is 5.92 Å². The Hall–Kier alpha value is -3.15. The fraction of sp³-hybridized carbons (Fsp3) is 0.318. The van der Waals surface area contributed by atoms with Crippen molar-refractivity contribution in [1.82, 2.24) is 5.32 Å². The molecule has 2 aromatic carbocycles. The van der Waals surface area contributed by atoms with Gasteiger partial charge in [-0.2, -0.15) is 0 Å². The van der Waals surface area contributed by atoms with Gasteiger partial charge in [0.25, 0.3) is 5.91 Å². The van der Waals surface area contributed by atoms with Crippen LogP contribution >= 0.6 is 0 Å². The molecule has 0 fully saturated rings. The lowest BCUT2D eigenvalue weighted by Gasteiger charge is -2.13. The van der Waals surface area contributed by atoms with Gasteiger partial charge in [0.1, 0.15) is 5.75 Å². The van der Waals surface area contributed by atoms with Gasteiger partial charge in [0.2, 0.25) is 5.91 Å². The van der Waals surface area contributed by atoms with E-state index in [-0.39, 0.29) is 17.7 Å². The van der Waals surface area contributed by atoms with Gasteiger partial charge in [-0.1, -0.05) is 32.0 Å². The van der Waals surface area contributed by atoms with E-state index >= 15 is 0 Å². The van der Waals surface area contributed by atoms with E-state index in [9.17, 15) is 14.4 Å². The first kappa shape index (κ1) is 21.2. The van der Waals surface area contributed by atoms with Crippen molar-refractivity contribution in [3.63, 3.8) is 0 Å². The first-order valence-electron chi connectivity index (χ1n) is 9.39. The lowest BCUT2D eigenvalue weighted by atomic mass is 10.0. The highest BCUT2D eigenvalue weighted by atomic mass is 16.5. The number of esters is 1. The first-order valence-corrected chi connectivity index (χ1v) is 9.39. The molecule has 6 heteroatoms. The highest BCUT2D eigenvalue weighted by Gasteiger charge is 2.13. The molecule has 0 aliphatic carbocycles. The molecule has 148 valence electrons. The van der Waals surface area contributed by atoms with E-state index in [1.54, 1.807) is 30.3 Å². The molecule has 2 aromatic rings. The van der Waals surface area contributed by atoms with Crippen LogP contribution in [0.2, 0.25) is 0 Å². The second kappa shape index (κ2) is 10.3. The van der Waals surface area contributed by atoms with Crippen LogP contribution in [0.25, 0.3) is 0 Å². The fourth-order valence-corrected chi connectivity index (χ4v) is 2.77. The van der Waals surface area contributed by atoms with E-state index in [0.29, 0.717) is 23.5 Å². The van der Waals surface area contributed by atoms with Gasteiger partial charge in [-0.15, -0.1) is 0 Å². The summed E-state index contributed by atoms with van der Waals surface area (Å²) in [5.74, 6) is -0.312. The van der Waals surface area contributed by atoms with Crippen LogP contribution in [0.5, 0.6) is 5.75 Å². The molecule has 2 N–H and O–H groups in total. The minimum absolute atomic E-state index is 0.0429. The summed E-state index contributed by atoms with van der Waals surface area (Å²) in [6.45, 7) is 5.77. The number of nitrogens with one attached hydrogen (secondary N) is 2. The summed E-state index contributed by atoms with van der Waals surface area (Å²) in [7, 11) is 0. The number of anilines is 1. The van der Waals surface area contributed by atoms with Crippen molar-refractivity contribution in [1.29, 1.82) is 0 Å². The van der Waals surface area contributed by atoms with Gasteiger partial charge >= 0.3 is 5.97 Å². The molecule has 2 amide bonds. The van der Waals surface area contributed by atoms with E-state index in [4.69, 9.17) is 4.74 Å². The van der Waals surface area contributed by atoms with Crippen LogP contribution in [0.15, 0.2) is 48.5 Å². The average molecular weight is 382 g/mol. The minimum atomic E-state index is -0.440. The van der Waals surface area contributed by atoms with Gasteiger partial charge < -0.3 is 15.4 Å². The zero-order valence-electron chi connectivity index (χ0n) is 16.5. The number of carbonyl (C=O) groups excluding carboxylic acids is 3. The van der Waals surface area contributed by atoms with Crippen molar-refractivity contribution in [3.8, 4) is 5.75 Å². The van der Waals surface area contributed by atoms with Crippen LogP contribution in [0, 0.1) is 5.92 Å². The van der Waals surface area contributed by atoms with Crippen molar-refractivity contribution in [3.05, 3.63) is 59.7 Å². The third kappa shape index (κ3) is 6.23. The number of amides is 2. The van der Waals surface area contributed by atoms with Crippen molar-refractivity contribution in [2.75, 3.05) is 5.32 Å². The van der Waals surface area contributed by atoms with E-state index in [1.807, 2.05) is 26.0 Å². The van der Waals surface area contributed by atoms with Crippen LogP contribution in [0.1, 0.15) is 49.5 Å². The summed E-state index contributed by atoms with van der Waals surface area (Å²) in [4.78, 5) is 35.5. The molecule has 0 unspecified atom stereocenters. The lowest BCUT2D eigenvalue weighted by molar-refractivity contribution is -0.132. The molecule has 0 radical (unpaired) electrons. The third-order valence-corrected chi connectivity index (χ3v) is 4.39. The molecule has 0 spiro atoms. The van der Waals surface area contributed by atoms with Crippen LogP contribution in [0.3, 0.4) is 0 Å². The summed E-state index contributed by atoms with van der Waals surface area (Å²) < 4.78 is 5.00. The van der Waals surface area contributed by atoms with Crippen LogP contribution in [-0.4, -0.2) is 17.8 Å². The summed E-state index contributed by atoms with van der Waals surface area (Å²) in [5, 5.41) is 5.74. The highest BCUT2D eigenvalue weighted by Crippen LogP contribution is 2.16. The number of benzene rings is 2. The number of carbonyl (C=O) groups is 3. The summed E-state index contributed by atoms with van der Waals surface area (Å²) >= 11 is 0. The van der Waals surface area contributed by atoms with Gasteiger partial charge in [0.15, 0.2) is 0 Å². The van der Waals surface area contributed by atoms with Gasteiger partial charge in [-0.05, 0) is 48.7 Å². The predicted octanol–water partition coefficient (Wildman–Crippen LogP) is 3.92. The van der Waals surface area contributed by atoms with Crippen LogP contribution in [0.4, 0.5) is 5.69 Å². The fourth-order valence-electron chi connectivity index (χ4n) is 2.77. The first-order chi connectivity index (χ1) is 13.4. The number of rotatable bonds is 8. The zero-order valence-corrected chi connectivity index (χ0v) is 16.5. The predicted molar refractivity (Wildman–Crippen MR) is 108 cm³/mol. The molecule has 0 aliphatic rings. The van der Waals surface area contributed by atoms with E-state index in [1.165, 1.54) is 13.0 Å². The minimum Gasteiger partial charge on any atom is -0.427 e. The summed E-state index contributed by atoms with van der Waals surface area (Å²) in [6, 6.07) is 13.7. The Labute approximate surface area is 165 Å². The molecule has 0 atom stereocenters. The van der Waals surface area contributed by atoms with E-state index < -0.39 is 5.97 Å². The average Bonchev–Trinajstić information content (AvgIpc) is 2.68. The SMILES string of the molecule is CCC(CC)C(=O)NCc1ccc(NC(=O)c2cccc(OC(C)=O)c2)cc1. The maximum Gasteiger partial charge on any atom is 0.308 e. The Balaban J connectivity index is 1.94. The van der Waals surface area contributed by atoms with Crippen molar-refractivity contribution >= 4 is 23.5 Å². The second-order valence-corrected chi connectivity index (χ2v) is 6.50. The van der Waals surface area contributed by atoms with E-state index in [0.717, 1.165) is 18.4 Å². The Kier molecular flexibility index (Phi) is 7.75. The number of ether oxygens (including phenoxy) is 1. The molecule has 0 aliphatic heterocycles. The number of hydrogen-bond acceptors (Lipinski definition) is 4. The Bertz CT molecular complexity index is 827. The van der Waals surface area contributed by atoms with E-state index in [2.05, 4.69) is 10.6 Å². The topological polar surface area (TPSA) is 84.5 Å². The molecule has 0 bridgehead atoms. The standard InChI is InChI=1S/C22H26N2O4/c1-4-17(5-2)21(26)23-14-16-9-11-19(12-10-16)24-22(27)18-7-6-8-20(13-18)28-15(3)25/h6-13,17H,4-5,14H2,1-3H3,(H,23,26)(H,24,27). The third-order valence-electron chi connectivity index (χ3n) is 4.39. The molecular weight excluding hydrogens is 356 g/mol. The molecular formula is C22H26N2O4. The smallest absolute Gasteiger partial charge is 0.308 e. The molecule has 6 nitrogen and oxygen atoms in total. The van der Waals surface area contributed by atoms with Crippen LogP contribution < -0.4 is 15.4 Å². The molecule has 0 saturated carbocycles. The van der Waals surface area contributed by atoms with Crippen molar-refractivity contribution in [2.45, 2.75) is 40.2 Å². The zero-order chi connectivity index (χ0) is 20.5. The van der Waals surface area contributed by atoms with Gasteiger partial charge in [0, 0.05) is 30.6 Å². The maximum atomic E-state index is 12.4. The monoisotopic (exact) mass is 382 g/mol. The van der Waals surface area contributed by atoms with Gasteiger partial charge in [-0.25, -0.2) is 0 Å². The molecule has 0 heterocycles. The Morgan fingerprint density at radius 3 is 2.29 bits per heavy atom. The number of hydrogen-bond donors (Lipinski definition) is 2.